The van der Waals surface area contributed by atoms with Crippen LogP contribution in [-0.4, -0.2) is 9.97 Å². The van der Waals surface area contributed by atoms with Gasteiger partial charge < -0.3 is 4.42 Å². The molecule has 2 aromatic rings. The number of nitriles is 1. The van der Waals surface area contributed by atoms with Gasteiger partial charge in [0.15, 0.2) is 0 Å². The van der Waals surface area contributed by atoms with Gasteiger partial charge in [0.05, 0.1) is 23.0 Å². The predicted octanol–water partition coefficient (Wildman–Crippen LogP) is 3.13. The van der Waals surface area contributed by atoms with E-state index in [1.165, 1.54) is 0 Å². The Morgan fingerprint density at radius 2 is 2.29 bits per heavy atom. The molecule has 0 aliphatic carbocycles. The van der Waals surface area contributed by atoms with Crippen LogP contribution in [0.15, 0.2) is 16.7 Å². The normalized spacial score (nSPS) is 10.2. The Bertz CT molecular complexity index is 598. The van der Waals surface area contributed by atoms with Crippen molar-refractivity contribution in [1.82, 2.24) is 9.97 Å². The fourth-order valence-corrected chi connectivity index (χ4v) is 1.69. The summed E-state index contributed by atoms with van der Waals surface area (Å²) in [4.78, 5) is 8.26. The fraction of sp³-hybridized carbons (Fsp3) is 0.250. The van der Waals surface area contributed by atoms with Crippen molar-refractivity contribution in [1.29, 1.82) is 5.26 Å². The van der Waals surface area contributed by atoms with Gasteiger partial charge in [0.1, 0.15) is 17.0 Å². The topological polar surface area (TPSA) is 62.7 Å². The SMILES string of the molecule is CCc1cnc(-c2cc(C#N)c(Cl)nc2C)o1. The molecule has 17 heavy (non-hydrogen) atoms. The molecule has 0 aliphatic heterocycles. The molecule has 86 valence electrons. The van der Waals surface area contributed by atoms with Gasteiger partial charge in [-0.15, -0.1) is 0 Å². The number of aryl methyl sites for hydroxylation is 2. The number of oxazole rings is 1. The maximum Gasteiger partial charge on any atom is 0.228 e. The van der Waals surface area contributed by atoms with E-state index < -0.39 is 0 Å². The molecule has 0 saturated heterocycles. The lowest BCUT2D eigenvalue weighted by Gasteiger charge is -2.02. The number of pyridine rings is 1. The van der Waals surface area contributed by atoms with Crippen molar-refractivity contribution in [3.8, 4) is 17.5 Å². The van der Waals surface area contributed by atoms with Crippen LogP contribution in [-0.2, 0) is 6.42 Å². The van der Waals surface area contributed by atoms with Crippen molar-refractivity contribution in [3.05, 3.63) is 34.4 Å². The smallest absolute Gasteiger partial charge is 0.228 e. The second-order valence-corrected chi connectivity index (χ2v) is 3.91. The molecule has 0 unspecified atom stereocenters. The summed E-state index contributed by atoms with van der Waals surface area (Å²) in [6.07, 6.45) is 2.45. The Morgan fingerprint density at radius 3 is 2.88 bits per heavy atom. The molecule has 2 heterocycles. The number of rotatable bonds is 2. The third-order valence-corrected chi connectivity index (χ3v) is 2.71. The molecular formula is C12H10ClN3O. The summed E-state index contributed by atoms with van der Waals surface area (Å²) in [6.45, 7) is 3.79. The maximum atomic E-state index is 8.91. The zero-order chi connectivity index (χ0) is 12.4. The minimum Gasteiger partial charge on any atom is -0.441 e. The molecule has 0 aliphatic rings. The van der Waals surface area contributed by atoms with E-state index in [2.05, 4.69) is 9.97 Å². The van der Waals surface area contributed by atoms with Gasteiger partial charge in [-0.05, 0) is 13.0 Å². The van der Waals surface area contributed by atoms with Gasteiger partial charge in [-0.2, -0.15) is 5.26 Å². The van der Waals surface area contributed by atoms with Crippen molar-refractivity contribution < 1.29 is 4.42 Å². The highest BCUT2D eigenvalue weighted by atomic mass is 35.5. The van der Waals surface area contributed by atoms with Gasteiger partial charge >= 0.3 is 0 Å². The first-order valence-electron chi connectivity index (χ1n) is 5.18. The van der Waals surface area contributed by atoms with Crippen LogP contribution in [0.25, 0.3) is 11.5 Å². The average molecular weight is 248 g/mol. The van der Waals surface area contributed by atoms with E-state index in [1.807, 2.05) is 13.0 Å². The Hall–Kier alpha value is -1.86. The van der Waals surface area contributed by atoms with Crippen LogP contribution in [0.5, 0.6) is 0 Å². The molecule has 0 atom stereocenters. The molecule has 0 spiro atoms. The molecule has 2 rings (SSSR count). The molecule has 0 saturated carbocycles. The van der Waals surface area contributed by atoms with Crippen molar-refractivity contribution in [3.63, 3.8) is 0 Å². The molecule has 5 heteroatoms. The van der Waals surface area contributed by atoms with Crippen molar-refractivity contribution in [2.75, 3.05) is 0 Å². The predicted molar refractivity (Wildman–Crippen MR) is 63.6 cm³/mol. The Balaban J connectivity index is 2.55. The molecule has 0 amide bonds. The van der Waals surface area contributed by atoms with Gasteiger partial charge in [-0.1, -0.05) is 18.5 Å². The van der Waals surface area contributed by atoms with Gasteiger partial charge in [-0.25, -0.2) is 9.97 Å². The van der Waals surface area contributed by atoms with Crippen LogP contribution < -0.4 is 0 Å². The Kier molecular flexibility index (Phi) is 3.12. The van der Waals surface area contributed by atoms with E-state index in [9.17, 15) is 0 Å². The lowest BCUT2D eigenvalue weighted by molar-refractivity contribution is 0.524. The lowest BCUT2D eigenvalue weighted by Crippen LogP contribution is -1.92. The van der Waals surface area contributed by atoms with Crippen molar-refractivity contribution in [2.45, 2.75) is 20.3 Å². The quantitative estimate of drug-likeness (QED) is 0.765. The monoisotopic (exact) mass is 247 g/mol. The van der Waals surface area contributed by atoms with Crippen LogP contribution >= 0.6 is 11.6 Å². The first kappa shape index (κ1) is 11.6. The Morgan fingerprint density at radius 1 is 1.53 bits per heavy atom. The van der Waals surface area contributed by atoms with E-state index in [1.54, 1.807) is 19.2 Å². The number of nitrogens with zero attached hydrogens (tertiary/aromatic N) is 3. The molecule has 2 aromatic heterocycles. The highest BCUT2D eigenvalue weighted by Gasteiger charge is 2.13. The zero-order valence-electron chi connectivity index (χ0n) is 9.49. The average Bonchev–Trinajstić information content (AvgIpc) is 2.78. The maximum absolute atomic E-state index is 8.91. The molecule has 0 N–H and O–H groups in total. The second kappa shape index (κ2) is 4.56. The van der Waals surface area contributed by atoms with Gasteiger partial charge in [-0.3, -0.25) is 0 Å². The van der Waals surface area contributed by atoms with Crippen LogP contribution in [0.3, 0.4) is 0 Å². The summed E-state index contributed by atoms with van der Waals surface area (Å²) in [5.41, 5.74) is 1.72. The summed E-state index contributed by atoms with van der Waals surface area (Å²) in [5.74, 6) is 1.27. The van der Waals surface area contributed by atoms with Crippen molar-refractivity contribution >= 4 is 11.6 Å². The van der Waals surface area contributed by atoms with Crippen LogP contribution in [0, 0.1) is 18.3 Å². The third kappa shape index (κ3) is 2.15. The van der Waals surface area contributed by atoms with E-state index in [4.69, 9.17) is 21.3 Å². The number of halogens is 1. The summed E-state index contributed by atoms with van der Waals surface area (Å²) in [6, 6.07) is 3.64. The largest absolute Gasteiger partial charge is 0.441 e. The number of hydrogen-bond donors (Lipinski definition) is 0. The molecule has 0 radical (unpaired) electrons. The minimum atomic E-state index is 0.205. The summed E-state index contributed by atoms with van der Waals surface area (Å²) < 4.78 is 5.54. The first-order valence-corrected chi connectivity index (χ1v) is 5.55. The highest BCUT2D eigenvalue weighted by Crippen LogP contribution is 2.26. The van der Waals surface area contributed by atoms with Gasteiger partial charge in [0.25, 0.3) is 0 Å². The molecule has 0 fully saturated rings. The van der Waals surface area contributed by atoms with E-state index in [-0.39, 0.29) is 5.15 Å². The number of hydrogen-bond acceptors (Lipinski definition) is 4. The zero-order valence-corrected chi connectivity index (χ0v) is 10.2. The summed E-state index contributed by atoms with van der Waals surface area (Å²) >= 11 is 5.84. The summed E-state index contributed by atoms with van der Waals surface area (Å²) in [5, 5.41) is 9.11. The van der Waals surface area contributed by atoms with E-state index in [0.29, 0.717) is 22.7 Å². The van der Waals surface area contributed by atoms with E-state index in [0.717, 1.165) is 12.2 Å². The Labute approximate surface area is 104 Å². The summed E-state index contributed by atoms with van der Waals surface area (Å²) in [7, 11) is 0. The van der Waals surface area contributed by atoms with Crippen LogP contribution in [0.1, 0.15) is 23.9 Å². The van der Waals surface area contributed by atoms with Crippen LogP contribution in [0.2, 0.25) is 5.15 Å². The minimum absolute atomic E-state index is 0.205. The second-order valence-electron chi connectivity index (χ2n) is 3.56. The van der Waals surface area contributed by atoms with Gasteiger partial charge in [0, 0.05) is 6.42 Å². The molecule has 0 bridgehead atoms. The molecule has 0 aromatic carbocycles. The standard InChI is InChI=1S/C12H10ClN3O/c1-3-9-6-15-12(17-9)10-4-8(5-14)11(13)16-7(10)2/h4,6H,3H2,1-2H3. The third-order valence-electron chi connectivity index (χ3n) is 2.42. The number of aromatic nitrogens is 2. The highest BCUT2D eigenvalue weighted by molar-refractivity contribution is 6.30. The van der Waals surface area contributed by atoms with E-state index >= 15 is 0 Å². The molecule has 4 nitrogen and oxygen atoms in total. The molecular weight excluding hydrogens is 238 g/mol. The van der Waals surface area contributed by atoms with Crippen molar-refractivity contribution in [2.24, 2.45) is 0 Å². The van der Waals surface area contributed by atoms with Crippen LogP contribution in [0.4, 0.5) is 0 Å². The fourth-order valence-electron chi connectivity index (χ4n) is 1.47. The lowest BCUT2D eigenvalue weighted by atomic mass is 10.1. The van der Waals surface area contributed by atoms with Gasteiger partial charge in [0.2, 0.25) is 5.89 Å². The first-order chi connectivity index (χ1) is 8.15.